The molecule has 4 heteroatoms. The molecule has 16 heavy (non-hydrogen) atoms. The van der Waals surface area contributed by atoms with Crippen molar-refractivity contribution in [1.29, 1.82) is 0 Å². The molecule has 1 N–H and O–H groups in total. The largest absolute Gasteiger partial charge is 0.481 e. The zero-order valence-electron chi connectivity index (χ0n) is 9.37. The molecular weight excluding hydrogens is 272 g/mol. The number of hydrogen-bond acceptors (Lipinski definition) is 2. The molecule has 0 fully saturated rings. The second kappa shape index (κ2) is 6.01. The lowest BCUT2D eigenvalue weighted by molar-refractivity contribution is -0.141. The van der Waals surface area contributed by atoms with Crippen molar-refractivity contribution in [3.63, 3.8) is 0 Å². The average molecular weight is 287 g/mol. The average Bonchev–Trinajstić information content (AvgIpc) is 2.22. The summed E-state index contributed by atoms with van der Waals surface area (Å²) in [5, 5.41) is 8.82. The smallest absolute Gasteiger partial charge is 0.306 e. The van der Waals surface area contributed by atoms with Crippen molar-refractivity contribution in [1.82, 2.24) is 0 Å². The van der Waals surface area contributed by atoms with Gasteiger partial charge in [0.1, 0.15) is 0 Å². The Morgan fingerprint density at radius 3 is 2.75 bits per heavy atom. The van der Waals surface area contributed by atoms with Gasteiger partial charge in [0.05, 0.1) is 12.5 Å². The number of halogens is 1. The highest BCUT2D eigenvalue weighted by atomic mass is 79.9. The number of carboxylic acid groups (broad SMARTS) is 1. The van der Waals surface area contributed by atoms with E-state index < -0.39 is 5.97 Å². The van der Waals surface area contributed by atoms with Gasteiger partial charge in [-0.1, -0.05) is 35.0 Å². The van der Waals surface area contributed by atoms with E-state index in [2.05, 4.69) is 15.9 Å². The van der Waals surface area contributed by atoms with Crippen LogP contribution in [0, 0.1) is 5.92 Å². The Bertz CT molecular complexity index is 377. The summed E-state index contributed by atoms with van der Waals surface area (Å²) in [7, 11) is 1.65. The number of rotatable bonds is 5. The van der Waals surface area contributed by atoms with Crippen molar-refractivity contribution in [3.8, 4) is 0 Å². The predicted molar refractivity (Wildman–Crippen MR) is 65.4 cm³/mol. The fourth-order valence-electron chi connectivity index (χ4n) is 1.43. The van der Waals surface area contributed by atoms with E-state index in [0.717, 1.165) is 15.6 Å². The maximum atomic E-state index is 10.7. The Morgan fingerprint density at radius 1 is 1.56 bits per heavy atom. The Hall–Kier alpha value is -0.870. The molecule has 88 valence electrons. The third-order valence-electron chi connectivity index (χ3n) is 2.38. The lowest BCUT2D eigenvalue weighted by Crippen LogP contribution is -2.12. The number of aliphatic carboxylic acids is 1. The minimum absolute atomic E-state index is 0.361. The molecule has 0 saturated heterocycles. The molecule has 0 saturated carbocycles. The van der Waals surface area contributed by atoms with Crippen molar-refractivity contribution in [3.05, 3.63) is 33.8 Å². The zero-order chi connectivity index (χ0) is 12.1. The molecule has 1 unspecified atom stereocenters. The fraction of sp³-hybridized carbons (Fsp3) is 0.417. The second-order valence-electron chi connectivity index (χ2n) is 3.80. The lowest BCUT2D eigenvalue weighted by Gasteiger charge is -2.09. The van der Waals surface area contributed by atoms with Crippen molar-refractivity contribution >= 4 is 21.9 Å². The lowest BCUT2D eigenvalue weighted by atomic mass is 10.0. The van der Waals surface area contributed by atoms with Crippen LogP contribution < -0.4 is 0 Å². The molecule has 3 nitrogen and oxygen atoms in total. The van der Waals surface area contributed by atoms with Crippen LogP contribution in [0.2, 0.25) is 0 Å². The van der Waals surface area contributed by atoms with Crippen LogP contribution in [0.3, 0.4) is 0 Å². The van der Waals surface area contributed by atoms with Crippen LogP contribution in [0.4, 0.5) is 0 Å². The van der Waals surface area contributed by atoms with Crippen molar-refractivity contribution in [2.24, 2.45) is 5.92 Å². The van der Waals surface area contributed by atoms with E-state index in [0.29, 0.717) is 13.0 Å². The van der Waals surface area contributed by atoms with Gasteiger partial charge in [-0.2, -0.15) is 0 Å². The third-order valence-corrected chi connectivity index (χ3v) is 3.12. The number of benzene rings is 1. The quantitative estimate of drug-likeness (QED) is 0.905. The van der Waals surface area contributed by atoms with Crippen LogP contribution in [-0.2, 0) is 22.6 Å². The Labute approximate surface area is 104 Å². The van der Waals surface area contributed by atoms with E-state index >= 15 is 0 Å². The van der Waals surface area contributed by atoms with Gasteiger partial charge in [-0.25, -0.2) is 0 Å². The van der Waals surface area contributed by atoms with E-state index in [9.17, 15) is 4.79 Å². The highest BCUT2D eigenvalue weighted by Crippen LogP contribution is 2.21. The zero-order valence-corrected chi connectivity index (χ0v) is 11.0. The Kier molecular flexibility index (Phi) is 4.96. The first-order chi connectivity index (χ1) is 7.54. The first-order valence-corrected chi connectivity index (χ1v) is 5.83. The number of ether oxygens (including phenoxy) is 1. The van der Waals surface area contributed by atoms with Crippen molar-refractivity contribution in [2.75, 3.05) is 7.11 Å². The van der Waals surface area contributed by atoms with Crippen LogP contribution in [0.25, 0.3) is 0 Å². The molecule has 0 aromatic heterocycles. The molecule has 1 rings (SSSR count). The van der Waals surface area contributed by atoms with E-state index in [1.54, 1.807) is 14.0 Å². The Balaban J connectivity index is 2.77. The molecule has 0 aliphatic rings. The van der Waals surface area contributed by atoms with Crippen LogP contribution in [0.15, 0.2) is 22.7 Å². The third kappa shape index (κ3) is 3.61. The van der Waals surface area contributed by atoms with Gasteiger partial charge in [0.25, 0.3) is 0 Å². The molecule has 0 bridgehead atoms. The van der Waals surface area contributed by atoms with Gasteiger partial charge >= 0.3 is 5.97 Å². The molecule has 1 atom stereocenters. The van der Waals surface area contributed by atoms with E-state index in [1.807, 2.05) is 18.2 Å². The molecule has 0 spiro atoms. The molecule has 0 aliphatic heterocycles. The van der Waals surface area contributed by atoms with Crippen molar-refractivity contribution < 1.29 is 14.6 Å². The standard InChI is InChI=1S/C12H15BrO3/c1-8(12(14)15)5-9-3-4-10(7-16-2)11(13)6-9/h3-4,6,8H,5,7H2,1-2H3,(H,14,15). The van der Waals surface area contributed by atoms with Gasteiger partial charge in [-0.05, 0) is 23.6 Å². The summed E-state index contributed by atoms with van der Waals surface area (Å²) in [6.07, 6.45) is 0.543. The summed E-state index contributed by atoms with van der Waals surface area (Å²) in [4.78, 5) is 10.7. The predicted octanol–water partition coefficient (Wildman–Crippen LogP) is 2.86. The van der Waals surface area contributed by atoms with E-state index in [-0.39, 0.29) is 5.92 Å². The van der Waals surface area contributed by atoms with Gasteiger partial charge in [-0.3, -0.25) is 4.79 Å². The van der Waals surface area contributed by atoms with Gasteiger partial charge in [-0.15, -0.1) is 0 Å². The number of methoxy groups -OCH3 is 1. The molecular formula is C12H15BrO3. The topological polar surface area (TPSA) is 46.5 Å². The summed E-state index contributed by atoms with van der Waals surface area (Å²) >= 11 is 3.45. The second-order valence-corrected chi connectivity index (χ2v) is 4.66. The molecule has 0 radical (unpaired) electrons. The maximum Gasteiger partial charge on any atom is 0.306 e. The molecule has 0 heterocycles. The number of hydrogen-bond donors (Lipinski definition) is 1. The summed E-state index contributed by atoms with van der Waals surface area (Å²) in [6, 6.07) is 5.85. The highest BCUT2D eigenvalue weighted by Gasteiger charge is 2.12. The molecule has 0 amide bonds. The minimum atomic E-state index is -0.767. The van der Waals surface area contributed by atoms with Crippen LogP contribution in [-0.4, -0.2) is 18.2 Å². The van der Waals surface area contributed by atoms with Gasteiger partial charge in [0.15, 0.2) is 0 Å². The van der Waals surface area contributed by atoms with Gasteiger partial charge in [0.2, 0.25) is 0 Å². The van der Waals surface area contributed by atoms with Gasteiger partial charge < -0.3 is 9.84 Å². The summed E-state index contributed by atoms with van der Waals surface area (Å²) in [5.74, 6) is -1.13. The number of carbonyl (C=O) groups is 1. The van der Waals surface area contributed by atoms with Crippen LogP contribution in [0.1, 0.15) is 18.1 Å². The van der Waals surface area contributed by atoms with Crippen LogP contribution >= 0.6 is 15.9 Å². The molecule has 1 aromatic carbocycles. The van der Waals surface area contributed by atoms with E-state index in [1.165, 1.54) is 0 Å². The summed E-state index contributed by atoms with van der Waals surface area (Å²) in [5.41, 5.74) is 2.08. The fourth-order valence-corrected chi connectivity index (χ4v) is 1.97. The summed E-state index contributed by atoms with van der Waals surface area (Å²) < 4.78 is 6.01. The first-order valence-electron chi connectivity index (χ1n) is 5.03. The molecule has 1 aromatic rings. The SMILES string of the molecule is COCc1ccc(CC(C)C(=O)O)cc1Br. The van der Waals surface area contributed by atoms with Crippen LogP contribution in [0.5, 0.6) is 0 Å². The monoisotopic (exact) mass is 286 g/mol. The van der Waals surface area contributed by atoms with Crippen molar-refractivity contribution in [2.45, 2.75) is 20.0 Å². The van der Waals surface area contributed by atoms with Gasteiger partial charge in [0, 0.05) is 11.6 Å². The minimum Gasteiger partial charge on any atom is -0.481 e. The maximum absolute atomic E-state index is 10.7. The van der Waals surface area contributed by atoms with E-state index in [4.69, 9.17) is 9.84 Å². The summed E-state index contributed by atoms with van der Waals surface area (Å²) in [6.45, 7) is 2.26. The molecule has 0 aliphatic carbocycles. The first kappa shape index (κ1) is 13.2. The Morgan fingerprint density at radius 2 is 2.25 bits per heavy atom. The normalized spacial score (nSPS) is 12.4. The number of carboxylic acids is 1. The highest BCUT2D eigenvalue weighted by molar-refractivity contribution is 9.10.